The summed E-state index contributed by atoms with van der Waals surface area (Å²) in [6.07, 6.45) is 4.44. The van der Waals surface area contributed by atoms with Crippen LogP contribution in [-0.4, -0.2) is 11.9 Å². The van der Waals surface area contributed by atoms with E-state index in [0.717, 1.165) is 37.8 Å². The molecule has 0 radical (unpaired) electrons. The van der Waals surface area contributed by atoms with E-state index in [9.17, 15) is 13.6 Å². The van der Waals surface area contributed by atoms with Crippen LogP contribution in [0.1, 0.15) is 32.1 Å². The van der Waals surface area contributed by atoms with Crippen molar-refractivity contribution in [2.45, 2.75) is 38.1 Å². The largest absolute Gasteiger partial charge is 0.327 e. The van der Waals surface area contributed by atoms with Crippen LogP contribution in [0.15, 0.2) is 18.2 Å². The SMILES string of the molecule is NC1CCCCC1CC(=O)Nc1ccc(F)c(F)c1. The maximum Gasteiger partial charge on any atom is 0.224 e. The molecule has 0 aliphatic heterocycles. The van der Waals surface area contributed by atoms with Crippen LogP contribution >= 0.6 is 0 Å². The summed E-state index contributed by atoms with van der Waals surface area (Å²) in [4.78, 5) is 11.8. The number of anilines is 1. The van der Waals surface area contributed by atoms with Gasteiger partial charge in [0.05, 0.1) is 0 Å². The summed E-state index contributed by atoms with van der Waals surface area (Å²) in [6, 6.07) is 3.38. The second-order valence-electron chi connectivity index (χ2n) is 5.09. The Morgan fingerprint density at radius 3 is 2.68 bits per heavy atom. The maximum absolute atomic E-state index is 13.0. The zero-order valence-corrected chi connectivity index (χ0v) is 10.7. The maximum atomic E-state index is 13.0. The molecule has 2 rings (SSSR count). The molecule has 1 aliphatic carbocycles. The number of nitrogens with two attached hydrogens (primary N) is 1. The summed E-state index contributed by atoms with van der Waals surface area (Å²) in [5.74, 6) is -1.91. The van der Waals surface area contributed by atoms with E-state index in [2.05, 4.69) is 5.32 Å². The van der Waals surface area contributed by atoms with E-state index in [-0.39, 0.29) is 23.6 Å². The van der Waals surface area contributed by atoms with Gasteiger partial charge in [0, 0.05) is 24.2 Å². The first-order valence-corrected chi connectivity index (χ1v) is 6.57. The van der Waals surface area contributed by atoms with Gasteiger partial charge in [-0.2, -0.15) is 0 Å². The van der Waals surface area contributed by atoms with Gasteiger partial charge in [0.25, 0.3) is 0 Å². The zero-order valence-electron chi connectivity index (χ0n) is 10.7. The number of carbonyl (C=O) groups excluding carboxylic acids is 1. The van der Waals surface area contributed by atoms with Gasteiger partial charge in [-0.15, -0.1) is 0 Å². The Kier molecular flexibility index (Phi) is 4.47. The molecule has 1 fully saturated rings. The van der Waals surface area contributed by atoms with E-state index in [1.165, 1.54) is 6.07 Å². The van der Waals surface area contributed by atoms with Crippen molar-refractivity contribution in [3.8, 4) is 0 Å². The third-order valence-electron chi connectivity index (χ3n) is 3.62. The lowest BCUT2D eigenvalue weighted by Crippen LogP contribution is -2.35. The molecule has 0 heterocycles. The fraction of sp³-hybridized carbons (Fsp3) is 0.500. The van der Waals surface area contributed by atoms with Crippen molar-refractivity contribution in [2.75, 3.05) is 5.32 Å². The molecular formula is C14H18F2N2O. The van der Waals surface area contributed by atoms with Crippen molar-refractivity contribution in [2.24, 2.45) is 11.7 Å². The third kappa shape index (κ3) is 3.73. The van der Waals surface area contributed by atoms with Gasteiger partial charge in [-0.3, -0.25) is 4.79 Å². The average molecular weight is 268 g/mol. The van der Waals surface area contributed by atoms with E-state index in [1.807, 2.05) is 0 Å². The summed E-state index contributed by atoms with van der Waals surface area (Å²) in [5.41, 5.74) is 6.25. The predicted molar refractivity (Wildman–Crippen MR) is 69.5 cm³/mol. The molecular weight excluding hydrogens is 250 g/mol. The standard InChI is InChI=1S/C14H18F2N2O/c15-11-6-5-10(8-12(11)16)18-14(19)7-9-3-1-2-4-13(9)17/h5-6,8-9,13H,1-4,7,17H2,(H,18,19). The highest BCUT2D eigenvalue weighted by Gasteiger charge is 2.24. The number of benzene rings is 1. The summed E-state index contributed by atoms with van der Waals surface area (Å²) in [5, 5.41) is 2.58. The molecule has 2 atom stereocenters. The molecule has 0 spiro atoms. The molecule has 1 aromatic carbocycles. The van der Waals surface area contributed by atoms with Crippen LogP contribution in [-0.2, 0) is 4.79 Å². The lowest BCUT2D eigenvalue weighted by atomic mass is 9.83. The van der Waals surface area contributed by atoms with E-state index >= 15 is 0 Å². The number of halogens is 2. The third-order valence-corrected chi connectivity index (χ3v) is 3.62. The quantitative estimate of drug-likeness (QED) is 0.885. The minimum atomic E-state index is -0.966. The second kappa shape index (κ2) is 6.10. The minimum absolute atomic E-state index is 0.0597. The molecule has 104 valence electrons. The monoisotopic (exact) mass is 268 g/mol. The first kappa shape index (κ1) is 13.9. The Balaban J connectivity index is 1.91. The fourth-order valence-corrected chi connectivity index (χ4v) is 2.51. The van der Waals surface area contributed by atoms with Crippen molar-refractivity contribution in [3.05, 3.63) is 29.8 Å². The normalized spacial score (nSPS) is 23.1. The van der Waals surface area contributed by atoms with Gasteiger partial charge >= 0.3 is 0 Å². The molecule has 0 bridgehead atoms. The van der Waals surface area contributed by atoms with Gasteiger partial charge in [0.2, 0.25) is 5.91 Å². The van der Waals surface area contributed by atoms with Crippen molar-refractivity contribution in [1.82, 2.24) is 0 Å². The molecule has 3 N–H and O–H groups in total. The number of hydrogen-bond acceptors (Lipinski definition) is 2. The Morgan fingerprint density at radius 2 is 2.00 bits per heavy atom. The number of carbonyl (C=O) groups is 1. The number of amides is 1. The van der Waals surface area contributed by atoms with E-state index < -0.39 is 11.6 Å². The van der Waals surface area contributed by atoms with Crippen LogP contribution in [0.3, 0.4) is 0 Å². The summed E-state index contributed by atoms with van der Waals surface area (Å²) < 4.78 is 25.8. The van der Waals surface area contributed by atoms with E-state index in [1.54, 1.807) is 0 Å². The molecule has 1 aromatic rings. The summed E-state index contributed by atoms with van der Waals surface area (Å²) in [6.45, 7) is 0. The summed E-state index contributed by atoms with van der Waals surface area (Å²) >= 11 is 0. The first-order chi connectivity index (χ1) is 9.06. The molecule has 0 aromatic heterocycles. The van der Waals surface area contributed by atoms with Crippen molar-refractivity contribution in [3.63, 3.8) is 0 Å². The van der Waals surface area contributed by atoms with Gasteiger partial charge < -0.3 is 11.1 Å². The number of rotatable bonds is 3. The molecule has 5 heteroatoms. The molecule has 1 saturated carbocycles. The average Bonchev–Trinajstić information content (AvgIpc) is 2.37. The zero-order chi connectivity index (χ0) is 13.8. The Labute approximate surface area is 111 Å². The molecule has 1 amide bonds. The highest BCUT2D eigenvalue weighted by Crippen LogP contribution is 2.26. The van der Waals surface area contributed by atoms with Gasteiger partial charge in [-0.05, 0) is 30.9 Å². The predicted octanol–water partition coefficient (Wildman–Crippen LogP) is 2.81. The molecule has 19 heavy (non-hydrogen) atoms. The van der Waals surface area contributed by atoms with Crippen molar-refractivity contribution >= 4 is 11.6 Å². The smallest absolute Gasteiger partial charge is 0.224 e. The highest BCUT2D eigenvalue weighted by molar-refractivity contribution is 5.90. The van der Waals surface area contributed by atoms with Crippen LogP contribution in [0.5, 0.6) is 0 Å². The minimum Gasteiger partial charge on any atom is -0.327 e. The van der Waals surface area contributed by atoms with E-state index in [4.69, 9.17) is 5.73 Å². The van der Waals surface area contributed by atoms with Crippen molar-refractivity contribution in [1.29, 1.82) is 0 Å². The highest BCUT2D eigenvalue weighted by atomic mass is 19.2. The van der Waals surface area contributed by atoms with Crippen LogP contribution in [0, 0.1) is 17.6 Å². The molecule has 2 unspecified atom stereocenters. The van der Waals surface area contributed by atoms with E-state index in [0.29, 0.717) is 6.42 Å². The Hall–Kier alpha value is -1.49. The van der Waals surface area contributed by atoms with Gasteiger partial charge in [-0.1, -0.05) is 12.8 Å². The van der Waals surface area contributed by atoms with Gasteiger partial charge in [-0.25, -0.2) is 8.78 Å². The van der Waals surface area contributed by atoms with Crippen LogP contribution in [0.4, 0.5) is 14.5 Å². The van der Waals surface area contributed by atoms with Crippen LogP contribution < -0.4 is 11.1 Å². The lowest BCUT2D eigenvalue weighted by Gasteiger charge is -2.27. The first-order valence-electron chi connectivity index (χ1n) is 6.57. The van der Waals surface area contributed by atoms with Gasteiger partial charge in [0.1, 0.15) is 0 Å². The van der Waals surface area contributed by atoms with Crippen LogP contribution in [0.2, 0.25) is 0 Å². The number of nitrogens with one attached hydrogen (secondary N) is 1. The fourth-order valence-electron chi connectivity index (χ4n) is 2.51. The Bertz CT molecular complexity index is 465. The molecule has 0 saturated heterocycles. The van der Waals surface area contributed by atoms with Crippen molar-refractivity contribution < 1.29 is 13.6 Å². The van der Waals surface area contributed by atoms with Gasteiger partial charge in [0.15, 0.2) is 11.6 Å². The lowest BCUT2D eigenvalue weighted by molar-refractivity contribution is -0.117. The van der Waals surface area contributed by atoms with Crippen LogP contribution in [0.25, 0.3) is 0 Å². The molecule has 3 nitrogen and oxygen atoms in total. The molecule has 1 aliphatic rings. The number of hydrogen-bond donors (Lipinski definition) is 2. The topological polar surface area (TPSA) is 55.1 Å². The second-order valence-corrected chi connectivity index (χ2v) is 5.09. The summed E-state index contributed by atoms with van der Waals surface area (Å²) in [7, 11) is 0. The Morgan fingerprint density at radius 1 is 1.26 bits per heavy atom.